The van der Waals surface area contributed by atoms with Gasteiger partial charge >= 0.3 is 57.4 Å². The molecular weight excluding hydrogens is 469 g/mol. The first-order chi connectivity index (χ1) is 13.5. The first-order valence-corrected chi connectivity index (χ1v) is 9.60. The summed E-state index contributed by atoms with van der Waals surface area (Å²) in [6.07, 6.45) is 0. The van der Waals surface area contributed by atoms with Gasteiger partial charge in [0, 0.05) is 26.9 Å². The van der Waals surface area contributed by atoms with E-state index in [2.05, 4.69) is 10.3 Å². The molecule has 0 radical (unpaired) electrons. The molecule has 8 nitrogen and oxygen atoms in total. The van der Waals surface area contributed by atoms with Crippen LogP contribution in [0.15, 0.2) is 60.0 Å². The fourth-order valence-corrected chi connectivity index (χ4v) is 3.93. The van der Waals surface area contributed by atoms with Gasteiger partial charge in [-0.25, -0.2) is 4.98 Å². The van der Waals surface area contributed by atoms with Gasteiger partial charge in [0.05, 0.1) is 5.69 Å². The Morgan fingerprint density at radius 3 is 2.48 bits per heavy atom. The Morgan fingerprint density at radius 1 is 1.10 bits per heavy atom. The van der Waals surface area contributed by atoms with Gasteiger partial charge in [0.25, 0.3) is 5.91 Å². The number of carbonyl (C=O) groups excluding carboxylic acids is 1. The first kappa shape index (κ1) is 27.4. The normalized spacial score (nSPS) is 9.84. The number of anilines is 1. The number of amides is 1. The molecule has 0 saturated carbocycles. The van der Waals surface area contributed by atoms with Crippen molar-refractivity contribution in [3.05, 3.63) is 70.7 Å². The predicted molar refractivity (Wildman–Crippen MR) is 124 cm³/mol. The second kappa shape index (κ2) is 11.9. The minimum absolute atomic E-state index is 0. The van der Waals surface area contributed by atoms with Crippen LogP contribution < -0.4 is 5.32 Å². The molecule has 0 spiro atoms. The number of aromatic nitrogens is 2. The van der Waals surface area contributed by atoms with E-state index in [-0.39, 0.29) is 74.6 Å². The zero-order valence-electron chi connectivity index (χ0n) is 15.4. The van der Waals surface area contributed by atoms with Crippen LogP contribution in [0.25, 0.3) is 22.2 Å². The van der Waals surface area contributed by atoms with E-state index < -0.39 is 11.9 Å². The van der Waals surface area contributed by atoms with Crippen LogP contribution in [0.3, 0.4) is 0 Å². The molecule has 2 aromatic carbocycles. The third-order valence-electron chi connectivity index (χ3n) is 4.21. The number of nitrogens with one attached hydrogen (secondary N) is 1. The molecule has 4 rings (SSSR count). The second-order valence-corrected chi connectivity index (χ2v) is 7.31. The molecule has 0 fully saturated rings. The van der Waals surface area contributed by atoms with Crippen molar-refractivity contribution in [2.24, 2.45) is 0 Å². The van der Waals surface area contributed by atoms with Gasteiger partial charge in [-0.05, 0) is 18.2 Å². The predicted octanol–water partition coefficient (Wildman–Crippen LogP) is 2.46. The molecule has 4 aromatic rings. The summed E-state index contributed by atoms with van der Waals surface area (Å²) >= 11 is 7.48. The average Bonchev–Trinajstić information content (AvgIpc) is 3.27. The van der Waals surface area contributed by atoms with E-state index in [0.717, 1.165) is 10.9 Å². The molecule has 31 heavy (non-hydrogen) atoms. The number of carboxylic acids is 1. The summed E-state index contributed by atoms with van der Waals surface area (Å²) in [5.74, 6) is -1.44. The Balaban J connectivity index is 0.00000160. The average molecular weight is 488 g/mol. The Labute approximate surface area is 228 Å². The van der Waals surface area contributed by atoms with Crippen molar-refractivity contribution in [2.45, 2.75) is 6.54 Å². The van der Waals surface area contributed by atoms with E-state index in [1.54, 1.807) is 24.3 Å². The topological polar surface area (TPSA) is 147 Å². The van der Waals surface area contributed by atoms with Crippen LogP contribution in [0.2, 0.25) is 5.02 Å². The first-order valence-electron chi connectivity index (χ1n) is 8.35. The van der Waals surface area contributed by atoms with Gasteiger partial charge in [-0.15, -0.1) is 11.3 Å². The van der Waals surface area contributed by atoms with Crippen LogP contribution in [0, 0.1) is 0 Å². The Bertz CT molecular complexity index is 1210. The zero-order chi connectivity index (χ0) is 19.7. The van der Waals surface area contributed by atoms with Gasteiger partial charge in [0.1, 0.15) is 12.2 Å². The van der Waals surface area contributed by atoms with Crippen molar-refractivity contribution in [1.82, 2.24) is 9.55 Å². The SMILES string of the molecule is O.O.O=C(O)Cn1c(C(=O)Nc2nc(-c3ccccc3Cl)cs2)cc2ccccc21.[KH]. The second-order valence-electron chi connectivity index (χ2n) is 6.04. The molecule has 1 amide bonds. The Morgan fingerprint density at radius 2 is 1.77 bits per heavy atom. The number of halogens is 1. The van der Waals surface area contributed by atoms with E-state index in [1.807, 2.05) is 35.7 Å². The van der Waals surface area contributed by atoms with Gasteiger partial charge in [0.15, 0.2) is 5.13 Å². The zero-order valence-corrected chi connectivity index (χ0v) is 17.0. The number of fused-ring (bicyclic) bond motifs is 1. The van der Waals surface area contributed by atoms with Gasteiger partial charge in [-0.1, -0.05) is 48.0 Å². The van der Waals surface area contributed by atoms with Crippen LogP contribution in [0.4, 0.5) is 5.13 Å². The van der Waals surface area contributed by atoms with Crippen LogP contribution >= 0.6 is 22.9 Å². The molecule has 0 aliphatic heterocycles. The molecule has 0 bridgehead atoms. The fourth-order valence-electron chi connectivity index (χ4n) is 2.99. The van der Waals surface area contributed by atoms with Crippen molar-refractivity contribution >= 4 is 102 Å². The number of nitrogens with zero attached hydrogens (tertiary/aromatic N) is 2. The molecule has 11 heteroatoms. The number of hydrogen-bond donors (Lipinski definition) is 2. The molecule has 0 aliphatic carbocycles. The molecule has 0 unspecified atom stereocenters. The van der Waals surface area contributed by atoms with Gasteiger partial charge in [0.2, 0.25) is 0 Å². The molecule has 0 aliphatic rings. The van der Waals surface area contributed by atoms with E-state index in [1.165, 1.54) is 15.9 Å². The molecule has 2 aromatic heterocycles. The monoisotopic (exact) mass is 487 g/mol. The number of thiazole rings is 1. The van der Waals surface area contributed by atoms with Gasteiger partial charge < -0.3 is 20.6 Å². The third kappa shape index (κ3) is 6.01. The van der Waals surface area contributed by atoms with E-state index in [9.17, 15) is 14.7 Å². The molecule has 0 atom stereocenters. The summed E-state index contributed by atoms with van der Waals surface area (Å²) in [5, 5.41) is 15.6. The fraction of sp³-hybridized carbons (Fsp3) is 0.0500. The van der Waals surface area contributed by atoms with Gasteiger partial charge in [-0.2, -0.15) is 0 Å². The van der Waals surface area contributed by atoms with E-state index in [0.29, 0.717) is 21.4 Å². The van der Waals surface area contributed by atoms with Crippen molar-refractivity contribution < 1.29 is 25.6 Å². The van der Waals surface area contributed by atoms with Crippen LogP contribution in [-0.4, -0.2) is 88.9 Å². The summed E-state index contributed by atoms with van der Waals surface area (Å²) in [6, 6.07) is 16.3. The summed E-state index contributed by atoms with van der Waals surface area (Å²) in [5.41, 5.74) is 2.39. The standard InChI is InChI=1S/C20H14ClN3O3S.K.2H2O.H/c21-14-7-3-2-6-13(14)15-11-28-20(22-15)23-19(27)17-9-12-5-1-4-8-16(12)24(17)10-18(25)26;;;;/h1-9,11H,10H2,(H,25,26)(H,22,23,27);;2*1H2;. The molecular formula is C20H19ClKN3O5S. The number of benzene rings is 2. The van der Waals surface area contributed by atoms with E-state index >= 15 is 0 Å². The molecule has 6 N–H and O–H groups in total. The Kier molecular flexibility index (Phi) is 10.5. The number of para-hydroxylation sites is 1. The van der Waals surface area contributed by atoms with E-state index in [4.69, 9.17) is 11.6 Å². The summed E-state index contributed by atoms with van der Waals surface area (Å²) < 4.78 is 1.48. The summed E-state index contributed by atoms with van der Waals surface area (Å²) in [4.78, 5) is 28.5. The molecule has 158 valence electrons. The summed E-state index contributed by atoms with van der Waals surface area (Å²) in [6.45, 7) is -0.307. The van der Waals surface area contributed by atoms with Crippen molar-refractivity contribution in [2.75, 3.05) is 5.32 Å². The number of rotatable bonds is 5. The quantitative estimate of drug-likeness (QED) is 0.416. The molecule has 2 heterocycles. The van der Waals surface area contributed by atoms with Crippen molar-refractivity contribution in [3.8, 4) is 11.3 Å². The number of aliphatic carboxylic acids is 1. The number of carboxylic acid groups (broad SMARTS) is 1. The Hall–Kier alpha value is -1.60. The molecule has 0 saturated heterocycles. The van der Waals surface area contributed by atoms with Crippen molar-refractivity contribution in [1.29, 1.82) is 0 Å². The maximum absolute atomic E-state index is 12.8. The minimum atomic E-state index is -1.02. The van der Waals surface area contributed by atoms with Crippen LogP contribution in [0.1, 0.15) is 10.5 Å². The van der Waals surface area contributed by atoms with Crippen molar-refractivity contribution in [3.63, 3.8) is 0 Å². The van der Waals surface area contributed by atoms with Gasteiger partial charge in [-0.3, -0.25) is 14.9 Å². The maximum atomic E-state index is 12.8. The van der Waals surface area contributed by atoms with Crippen LogP contribution in [0.5, 0.6) is 0 Å². The third-order valence-corrected chi connectivity index (χ3v) is 5.30. The number of carbonyl (C=O) groups is 2. The van der Waals surface area contributed by atoms with Crippen LogP contribution in [-0.2, 0) is 11.3 Å². The number of hydrogen-bond acceptors (Lipinski definition) is 4. The summed E-state index contributed by atoms with van der Waals surface area (Å²) in [7, 11) is 0.